The molecule has 2 atom stereocenters. The fraction of sp³-hybridized carbons (Fsp3) is 0.938. The lowest BCUT2D eigenvalue weighted by atomic mass is 10.0. The molecule has 122 valence electrons. The maximum atomic E-state index is 11.5. The van der Waals surface area contributed by atoms with E-state index < -0.39 is 0 Å². The average Bonchev–Trinajstić information content (AvgIpc) is 2.67. The molecule has 0 aliphatic carbocycles. The van der Waals surface area contributed by atoms with Gasteiger partial charge in [0.15, 0.2) is 0 Å². The lowest BCUT2D eigenvalue weighted by molar-refractivity contribution is -0.128. The predicted molar refractivity (Wildman–Crippen MR) is 84.3 cm³/mol. The predicted octanol–water partition coefficient (Wildman–Crippen LogP) is 0.897. The average molecular weight is 297 g/mol. The third kappa shape index (κ3) is 4.66. The summed E-state index contributed by atoms with van der Waals surface area (Å²) in [6.07, 6.45) is 2.22. The van der Waals surface area contributed by atoms with Crippen LogP contribution in [-0.4, -0.2) is 86.2 Å². The van der Waals surface area contributed by atoms with E-state index in [9.17, 15) is 4.79 Å². The first-order valence-electron chi connectivity index (χ1n) is 8.32. The molecule has 0 saturated carbocycles. The van der Waals surface area contributed by atoms with Gasteiger partial charge in [-0.3, -0.25) is 9.69 Å². The smallest absolute Gasteiger partial charge is 0.219 e. The Hall–Kier alpha value is -0.650. The van der Waals surface area contributed by atoms with Gasteiger partial charge in [-0.05, 0) is 18.8 Å². The third-order valence-electron chi connectivity index (χ3n) is 4.92. The monoisotopic (exact) mass is 297 g/mol. The van der Waals surface area contributed by atoms with Crippen LogP contribution in [0.4, 0.5) is 0 Å². The number of rotatable bonds is 5. The summed E-state index contributed by atoms with van der Waals surface area (Å²) < 4.78 is 5.15. The normalized spacial score (nSPS) is 28.8. The second-order valence-corrected chi connectivity index (χ2v) is 6.55. The molecule has 0 aromatic rings. The lowest BCUT2D eigenvalue weighted by Gasteiger charge is -2.30. The van der Waals surface area contributed by atoms with Crippen LogP contribution < -0.4 is 0 Å². The number of hydrogen-bond donors (Lipinski definition) is 0. The molecular formula is C16H31N3O2. The Kier molecular flexibility index (Phi) is 6.45. The molecule has 5 nitrogen and oxygen atoms in total. The number of methoxy groups -OCH3 is 1. The molecule has 0 radical (unpaired) electrons. The number of nitrogens with zero attached hydrogens (tertiary/aromatic N) is 3. The number of amides is 1. The summed E-state index contributed by atoms with van der Waals surface area (Å²) in [7, 11) is 1.77. The van der Waals surface area contributed by atoms with Gasteiger partial charge in [-0.2, -0.15) is 0 Å². The van der Waals surface area contributed by atoms with E-state index in [1.54, 1.807) is 14.0 Å². The number of hydrogen-bond acceptors (Lipinski definition) is 4. The van der Waals surface area contributed by atoms with E-state index >= 15 is 0 Å². The van der Waals surface area contributed by atoms with E-state index in [0.29, 0.717) is 6.04 Å². The second-order valence-electron chi connectivity index (χ2n) is 6.55. The standard InChI is InChI=1S/C16H31N3O2/c1-14-12-17(6-5-11-21-3)13-16(14)19-8-4-7-18(9-10-19)15(2)20/h14,16H,4-13H2,1-3H3. The van der Waals surface area contributed by atoms with Gasteiger partial charge < -0.3 is 14.5 Å². The van der Waals surface area contributed by atoms with Gasteiger partial charge in [0.2, 0.25) is 5.91 Å². The Bertz CT molecular complexity index is 337. The first kappa shape index (κ1) is 16.7. The summed E-state index contributed by atoms with van der Waals surface area (Å²) in [4.78, 5) is 18.7. The molecule has 0 aromatic heterocycles. The van der Waals surface area contributed by atoms with Crippen LogP contribution in [0.2, 0.25) is 0 Å². The highest BCUT2D eigenvalue weighted by Crippen LogP contribution is 2.23. The van der Waals surface area contributed by atoms with Crippen LogP contribution in [0.15, 0.2) is 0 Å². The summed E-state index contributed by atoms with van der Waals surface area (Å²) in [5.41, 5.74) is 0. The summed E-state index contributed by atoms with van der Waals surface area (Å²) in [6.45, 7) is 12.4. The van der Waals surface area contributed by atoms with Crippen LogP contribution in [0.1, 0.15) is 26.7 Å². The molecule has 21 heavy (non-hydrogen) atoms. The van der Waals surface area contributed by atoms with Crippen molar-refractivity contribution in [2.24, 2.45) is 5.92 Å². The van der Waals surface area contributed by atoms with E-state index in [-0.39, 0.29) is 5.91 Å². The molecule has 0 bridgehead atoms. The van der Waals surface area contributed by atoms with Crippen molar-refractivity contribution in [3.63, 3.8) is 0 Å². The maximum absolute atomic E-state index is 11.5. The minimum atomic E-state index is 0.220. The highest BCUT2D eigenvalue weighted by Gasteiger charge is 2.34. The molecule has 2 fully saturated rings. The number of carbonyl (C=O) groups is 1. The Morgan fingerprint density at radius 3 is 2.71 bits per heavy atom. The van der Waals surface area contributed by atoms with Crippen LogP contribution in [-0.2, 0) is 9.53 Å². The van der Waals surface area contributed by atoms with Gasteiger partial charge >= 0.3 is 0 Å². The molecule has 0 spiro atoms. The highest BCUT2D eigenvalue weighted by atomic mass is 16.5. The topological polar surface area (TPSA) is 36.0 Å². The Labute approximate surface area is 129 Å². The number of carbonyl (C=O) groups excluding carboxylic acids is 1. The fourth-order valence-corrected chi connectivity index (χ4v) is 3.72. The summed E-state index contributed by atoms with van der Waals surface area (Å²) in [6, 6.07) is 0.652. The van der Waals surface area contributed by atoms with Crippen molar-refractivity contribution in [3.8, 4) is 0 Å². The van der Waals surface area contributed by atoms with Crippen LogP contribution in [0.5, 0.6) is 0 Å². The minimum Gasteiger partial charge on any atom is -0.385 e. The van der Waals surface area contributed by atoms with Crippen molar-refractivity contribution in [1.29, 1.82) is 0 Å². The summed E-state index contributed by atoms with van der Waals surface area (Å²) in [5, 5.41) is 0. The molecule has 2 unspecified atom stereocenters. The Morgan fingerprint density at radius 1 is 1.19 bits per heavy atom. The van der Waals surface area contributed by atoms with Crippen molar-refractivity contribution in [2.75, 3.05) is 59.5 Å². The lowest BCUT2D eigenvalue weighted by Crippen LogP contribution is -2.43. The van der Waals surface area contributed by atoms with Crippen LogP contribution in [0.25, 0.3) is 0 Å². The van der Waals surface area contributed by atoms with Gasteiger partial charge in [0.05, 0.1) is 0 Å². The molecule has 1 amide bonds. The van der Waals surface area contributed by atoms with E-state index in [2.05, 4.69) is 16.7 Å². The molecule has 2 rings (SSSR count). The van der Waals surface area contributed by atoms with Gasteiger partial charge in [-0.25, -0.2) is 0 Å². The first-order valence-corrected chi connectivity index (χ1v) is 8.32. The fourth-order valence-electron chi connectivity index (χ4n) is 3.72. The minimum absolute atomic E-state index is 0.220. The second kappa shape index (κ2) is 8.11. The summed E-state index contributed by atoms with van der Waals surface area (Å²) in [5.74, 6) is 0.939. The van der Waals surface area contributed by atoms with Crippen molar-refractivity contribution in [2.45, 2.75) is 32.7 Å². The van der Waals surface area contributed by atoms with Crippen LogP contribution in [0.3, 0.4) is 0 Å². The molecule has 5 heteroatoms. The molecule has 2 aliphatic rings. The molecule has 0 N–H and O–H groups in total. The Balaban J connectivity index is 1.82. The zero-order chi connectivity index (χ0) is 15.2. The number of ether oxygens (including phenoxy) is 1. The molecule has 2 heterocycles. The van der Waals surface area contributed by atoms with Crippen LogP contribution in [0, 0.1) is 5.92 Å². The van der Waals surface area contributed by atoms with E-state index in [0.717, 1.165) is 58.1 Å². The number of likely N-dealkylation sites (tertiary alicyclic amines) is 1. The third-order valence-corrected chi connectivity index (χ3v) is 4.92. The van der Waals surface area contributed by atoms with Gasteiger partial charge in [-0.1, -0.05) is 6.92 Å². The zero-order valence-corrected chi connectivity index (χ0v) is 13.9. The van der Waals surface area contributed by atoms with Crippen molar-refractivity contribution >= 4 is 5.91 Å². The van der Waals surface area contributed by atoms with Crippen LogP contribution >= 0.6 is 0 Å². The molecule has 2 saturated heterocycles. The largest absolute Gasteiger partial charge is 0.385 e. The van der Waals surface area contributed by atoms with E-state index in [1.807, 2.05) is 4.90 Å². The molecule has 2 aliphatic heterocycles. The van der Waals surface area contributed by atoms with Crippen molar-refractivity contribution in [1.82, 2.24) is 14.7 Å². The van der Waals surface area contributed by atoms with Crippen molar-refractivity contribution < 1.29 is 9.53 Å². The van der Waals surface area contributed by atoms with E-state index in [4.69, 9.17) is 4.74 Å². The maximum Gasteiger partial charge on any atom is 0.219 e. The van der Waals surface area contributed by atoms with Gasteiger partial charge in [-0.15, -0.1) is 0 Å². The van der Waals surface area contributed by atoms with Gasteiger partial charge in [0.25, 0.3) is 0 Å². The van der Waals surface area contributed by atoms with Gasteiger partial charge in [0.1, 0.15) is 0 Å². The molecular weight excluding hydrogens is 266 g/mol. The Morgan fingerprint density at radius 2 is 2.00 bits per heavy atom. The van der Waals surface area contributed by atoms with E-state index in [1.165, 1.54) is 13.1 Å². The molecule has 0 aromatic carbocycles. The van der Waals surface area contributed by atoms with Crippen molar-refractivity contribution in [3.05, 3.63) is 0 Å². The quantitative estimate of drug-likeness (QED) is 0.706. The highest BCUT2D eigenvalue weighted by molar-refractivity contribution is 5.73. The summed E-state index contributed by atoms with van der Waals surface area (Å²) >= 11 is 0. The zero-order valence-electron chi connectivity index (χ0n) is 13.9. The van der Waals surface area contributed by atoms with Gasteiger partial charge in [0, 0.05) is 72.5 Å². The first-order chi connectivity index (χ1) is 10.1. The SMILES string of the molecule is COCCCN1CC(C)C(N2CCCN(C(C)=O)CC2)C1.